The first-order chi connectivity index (χ1) is 22.2. The van der Waals surface area contributed by atoms with Crippen molar-refractivity contribution in [3.63, 3.8) is 0 Å². The van der Waals surface area contributed by atoms with Gasteiger partial charge in [0.1, 0.15) is 5.75 Å². The largest absolute Gasteiger partial charge is 0.483 e. The molecule has 4 aliphatic rings. The Morgan fingerprint density at radius 2 is 1.65 bits per heavy atom. The lowest BCUT2D eigenvalue weighted by molar-refractivity contribution is -0.123. The number of amides is 3. The van der Waals surface area contributed by atoms with Crippen LogP contribution in [0, 0.1) is 29.6 Å². The number of nitrogens with one attached hydrogen (secondary N) is 2. The second-order valence-corrected chi connectivity index (χ2v) is 16.4. The summed E-state index contributed by atoms with van der Waals surface area (Å²) in [5.74, 6) is -1.25. The third-order valence-electron chi connectivity index (χ3n) is 9.60. The van der Waals surface area contributed by atoms with E-state index in [4.69, 9.17) is 16.3 Å². The molecule has 2 aliphatic heterocycles. The second-order valence-electron chi connectivity index (χ2n) is 12.0. The molecule has 2 bridgehead atoms. The van der Waals surface area contributed by atoms with Gasteiger partial charge in [0, 0.05) is 41.3 Å². The Labute approximate surface area is 293 Å². The fourth-order valence-corrected chi connectivity index (χ4v) is 11.6. The molecule has 3 fully saturated rings. The van der Waals surface area contributed by atoms with Crippen LogP contribution in [0.5, 0.6) is 5.75 Å². The van der Waals surface area contributed by atoms with Crippen LogP contribution in [0.1, 0.15) is 22.8 Å². The molecule has 0 radical (unpaired) electrons. The van der Waals surface area contributed by atoms with E-state index in [0.717, 1.165) is 30.8 Å². The molecule has 7 atom stereocenters. The fourth-order valence-electron chi connectivity index (χ4n) is 7.98. The van der Waals surface area contributed by atoms with Gasteiger partial charge in [-0.2, -0.15) is 0 Å². The van der Waals surface area contributed by atoms with Crippen molar-refractivity contribution in [3.8, 4) is 5.75 Å². The first-order valence-electron chi connectivity index (χ1n) is 14.7. The Bertz CT molecular complexity index is 1970. The molecule has 0 unspecified atom stereocenters. The van der Waals surface area contributed by atoms with Gasteiger partial charge < -0.3 is 15.0 Å². The average molecular weight is 802 g/mol. The number of anilines is 2. The van der Waals surface area contributed by atoms with Crippen LogP contribution in [0.4, 0.5) is 11.4 Å². The summed E-state index contributed by atoms with van der Waals surface area (Å²) in [5.41, 5.74) is 2.03. The molecular weight excluding hydrogens is 778 g/mol. The Morgan fingerprint density at radius 3 is 2.39 bits per heavy atom. The first kappa shape index (κ1) is 30.4. The third kappa shape index (κ3) is 4.99. The number of benzene rings is 3. The highest BCUT2D eigenvalue weighted by Gasteiger charge is 2.69. The maximum atomic E-state index is 14.1. The van der Waals surface area contributed by atoms with Crippen LogP contribution in [-0.4, -0.2) is 34.6 Å². The number of thiazole rings is 1. The minimum Gasteiger partial charge on any atom is -0.483 e. The van der Waals surface area contributed by atoms with E-state index in [1.165, 1.54) is 16.2 Å². The maximum absolute atomic E-state index is 14.1. The van der Waals surface area contributed by atoms with Crippen molar-refractivity contribution in [2.75, 3.05) is 16.8 Å². The minimum absolute atomic E-state index is 0.0115. The molecule has 8 nitrogen and oxygen atoms in total. The number of thioether (sulfide) groups is 1. The zero-order chi connectivity index (χ0) is 31.9. The molecule has 46 heavy (non-hydrogen) atoms. The molecule has 2 N–H and O–H groups in total. The molecule has 3 amide bonds. The number of hydrogen-bond acceptors (Lipinski definition) is 7. The van der Waals surface area contributed by atoms with E-state index in [-0.39, 0.29) is 58.1 Å². The number of carbonyl (C=O) groups excluding carboxylic acids is 3. The van der Waals surface area contributed by atoms with Gasteiger partial charge in [0.2, 0.25) is 11.8 Å². The van der Waals surface area contributed by atoms with Gasteiger partial charge in [-0.25, -0.2) is 0 Å². The van der Waals surface area contributed by atoms with E-state index in [1.807, 2.05) is 30.3 Å². The van der Waals surface area contributed by atoms with E-state index in [0.29, 0.717) is 22.1 Å². The van der Waals surface area contributed by atoms with Crippen molar-refractivity contribution in [3.05, 3.63) is 101 Å². The summed E-state index contributed by atoms with van der Waals surface area (Å²) < 4.78 is 7.88. The summed E-state index contributed by atoms with van der Waals surface area (Å²) in [5, 5.41) is 4.22. The highest BCUT2D eigenvalue weighted by atomic mass is 79.9. The summed E-state index contributed by atoms with van der Waals surface area (Å²) in [4.78, 5) is 58.7. The molecule has 1 saturated heterocycles. The predicted octanol–water partition coefficient (Wildman–Crippen LogP) is 7.31. The highest BCUT2D eigenvalue weighted by Crippen LogP contribution is 2.69. The number of carbonyl (C=O) groups is 3. The number of imide groups is 1. The predicted molar refractivity (Wildman–Crippen MR) is 185 cm³/mol. The topological polar surface area (TPSA) is 109 Å². The Kier molecular flexibility index (Phi) is 7.71. The standard InChI is InChI=1S/C33H24Br2ClN3O5S2/c34-14-1-8-18(9-2-14)39-31(41)26-20-12-21(27(26)32(39)42)28-25(20)24(29-30(45-28)38-33(43)46-29)19-11-15(35)3-10-22(19)44-13-23(40)37-17-6-4-16(36)5-7-17/h1-11,20-21,24-28H,12-13H2,(H,37,40)(H,38,43)/t20-,21-,24+,25-,26+,27+,28-/m1/s1. The van der Waals surface area contributed by atoms with E-state index >= 15 is 0 Å². The molecular formula is C33H24Br2ClN3O5S2. The Morgan fingerprint density at radius 1 is 0.957 bits per heavy atom. The van der Waals surface area contributed by atoms with Crippen LogP contribution in [0.2, 0.25) is 5.02 Å². The fraction of sp³-hybridized carbons (Fsp3) is 0.273. The van der Waals surface area contributed by atoms with Crippen LogP contribution in [-0.2, 0) is 14.4 Å². The molecule has 1 aromatic heterocycles. The van der Waals surface area contributed by atoms with Gasteiger partial charge in [0.15, 0.2) is 6.61 Å². The summed E-state index contributed by atoms with van der Waals surface area (Å²) in [6.07, 6.45) is 0.771. The van der Waals surface area contributed by atoms with Crippen LogP contribution in [0.25, 0.3) is 0 Å². The summed E-state index contributed by atoms with van der Waals surface area (Å²) in [6, 6.07) is 19.8. The molecule has 3 aromatic carbocycles. The molecule has 3 heterocycles. The normalized spacial score (nSPS) is 27.4. The quantitative estimate of drug-likeness (QED) is 0.198. The number of ether oxygens (including phenoxy) is 1. The lowest BCUT2D eigenvalue weighted by Gasteiger charge is -2.43. The molecule has 4 aromatic rings. The van der Waals surface area contributed by atoms with Gasteiger partial charge in [-0.3, -0.25) is 24.1 Å². The van der Waals surface area contributed by atoms with Gasteiger partial charge in [-0.1, -0.05) is 54.8 Å². The van der Waals surface area contributed by atoms with E-state index in [2.05, 4.69) is 42.2 Å². The number of H-pyrrole nitrogens is 1. The number of halogens is 3. The summed E-state index contributed by atoms with van der Waals surface area (Å²) in [7, 11) is 0. The van der Waals surface area contributed by atoms with Crippen LogP contribution < -0.4 is 19.8 Å². The third-order valence-corrected chi connectivity index (χ3v) is 13.5. The molecule has 0 spiro atoms. The lowest BCUT2D eigenvalue weighted by Crippen LogP contribution is -2.42. The SMILES string of the molecule is O=C(COc1ccc(Br)cc1[C@@H]1c2sc(=O)[nH]c2S[C@@H]2[C@@H]3C[C@@H]([C@@H]4C(=O)N(c5ccc(Br)cc5)C(=O)[C@@H]34)[C@H]12)Nc1ccc(Cl)cc1. The molecule has 2 saturated carbocycles. The number of fused-ring (bicyclic) bond motifs is 9. The zero-order valence-corrected chi connectivity index (χ0v) is 29.3. The van der Waals surface area contributed by atoms with Gasteiger partial charge >= 0.3 is 4.87 Å². The molecule has 234 valence electrons. The van der Waals surface area contributed by atoms with E-state index < -0.39 is 11.8 Å². The zero-order valence-electron chi connectivity index (χ0n) is 23.7. The van der Waals surface area contributed by atoms with Crippen molar-refractivity contribution < 1.29 is 19.1 Å². The minimum atomic E-state index is -0.426. The summed E-state index contributed by atoms with van der Waals surface area (Å²) in [6.45, 7) is -0.227. The molecule has 2 aliphatic carbocycles. The van der Waals surface area contributed by atoms with E-state index in [9.17, 15) is 19.2 Å². The monoisotopic (exact) mass is 799 g/mol. The van der Waals surface area contributed by atoms with Crippen LogP contribution in [0.3, 0.4) is 0 Å². The number of hydrogen-bond donors (Lipinski definition) is 2. The van der Waals surface area contributed by atoms with Crippen molar-refractivity contribution >= 4 is 95.7 Å². The number of aromatic amines is 1. The highest BCUT2D eigenvalue weighted by molar-refractivity contribution is 9.10. The Hall–Kier alpha value is -2.90. The molecule has 13 heteroatoms. The van der Waals surface area contributed by atoms with Crippen molar-refractivity contribution in [1.29, 1.82) is 0 Å². The average Bonchev–Trinajstić information content (AvgIpc) is 3.77. The van der Waals surface area contributed by atoms with Crippen molar-refractivity contribution in [2.24, 2.45) is 29.6 Å². The van der Waals surface area contributed by atoms with E-state index in [1.54, 1.807) is 48.2 Å². The van der Waals surface area contributed by atoms with Gasteiger partial charge in [0.25, 0.3) is 5.91 Å². The van der Waals surface area contributed by atoms with Gasteiger partial charge in [0.05, 0.1) is 22.5 Å². The number of rotatable bonds is 6. The number of nitrogens with zero attached hydrogens (tertiary/aromatic N) is 1. The van der Waals surface area contributed by atoms with Crippen LogP contribution >= 0.6 is 66.6 Å². The van der Waals surface area contributed by atoms with Gasteiger partial charge in [-0.05, 0) is 90.9 Å². The molecule has 8 rings (SSSR count). The first-order valence-corrected chi connectivity index (χ1v) is 18.3. The van der Waals surface area contributed by atoms with Crippen molar-refractivity contribution in [1.82, 2.24) is 4.98 Å². The number of aromatic nitrogens is 1. The van der Waals surface area contributed by atoms with Gasteiger partial charge in [-0.15, -0.1) is 11.8 Å². The second kappa shape index (κ2) is 11.7. The summed E-state index contributed by atoms with van der Waals surface area (Å²) >= 11 is 15.9. The van der Waals surface area contributed by atoms with Crippen molar-refractivity contribution in [2.45, 2.75) is 22.6 Å². The maximum Gasteiger partial charge on any atom is 0.305 e. The Balaban J connectivity index is 1.14. The smallest absolute Gasteiger partial charge is 0.305 e. The van der Waals surface area contributed by atoms with Crippen LogP contribution in [0.15, 0.2) is 85.5 Å². The lowest BCUT2D eigenvalue weighted by atomic mass is 9.68.